The molecule has 0 bridgehead atoms. The van der Waals surface area contributed by atoms with Gasteiger partial charge >= 0.3 is 5.97 Å². The van der Waals surface area contributed by atoms with Crippen molar-refractivity contribution in [3.63, 3.8) is 0 Å². The third-order valence-electron chi connectivity index (χ3n) is 2.88. The predicted molar refractivity (Wildman–Crippen MR) is 70.7 cm³/mol. The van der Waals surface area contributed by atoms with Gasteiger partial charge in [-0.3, -0.25) is 14.8 Å². The summed E-state index contributed by atoms with van der Waals surface area (Å²) < 4.78 is 0. The molecule has 0 atom stereocenters. The lowest BCUT2D eigenvalue weighted by molar-refractivity contribution is -0.136. The maximum Gasteiger partial charge on any atom is 0.309 e. The third-order valence-corrected chi connectivity index (χ3v) is 2.88. The van der Waals surface area contributed by atoms with Gasteiger partial charge in [0.15, 0.2) is 0 Å². The zero-order valence-corrected chi connectivity index (χ0v) is 10.00. The van der Waals surface area contributed by atoms with E-state index in [1.165, 1.54) is 0 Å². The first-order chi connectivity index (χ1) is 9.22. The van der Waals surface area contributed by atoms with Crippen LogP contribution in [0.4, 0.5) is 0 Å². The fraction of sp³-hybridized carbons (Fsp3) is 0.0714. The van der Waals surface area contributed by atoms with E-state index in [0.29, 0.717) is 5.69 Å². The average Bonchev–Trinajstić information content (AvgIpc) is 2.85. The summed E-state index contributed by atoms with van der Waals surface area (Å²) in [5.41, 5.74) is 3.18. The molecule has 3 aromatic rings. The molecule has 3 rings (SSSR count). The minimum absolute atomic E-state index is 0.0831. The van der Waals surface area contributed by atoms with Crippen LogP contribution in [0.25, 0.3) is 22.2 Å². The number of carboxylic acids is 1. The van der Waals surface area contributed by atoms with Crippen molar-refractivity contribution in [2.75, 3.05) is 0 Å². The molecule has 0 aliphatic carbocycles. The van der Waals surface area contributed by atoms with Crippen LogP contribution in [0.15, 0.2) is 42.9 Å². The van der Waals surface area contributed by atoms with Crippen LogP contribution in [-0.4, -0.2) is 26.0 Å². The second kappa shape index (κ2) is 4.53. The number of pyridine rings is 2. The maximum absolute atomic E-state index is 10.7. The van der Waals surface area contributed by atoms with Crippen molar-refractivity contribution in [2.45, 2.75) is 6.42 Å². The molecular weight excluding hydrogens is 242 g/mol. The molecule has 94 valence electrons. The van der Waals surface area contributed by atoms with Gasteiger partial charge in [-0.2, -0.15) is 0 Å². The molecule has 0 saturated carbocycles. The van der Waals surface area contributed by atoms with Crippen LogP contribution in [-0.2, 0) is 11.2 Å². The molecule has 0 saturated heterocycles. The minimum Gasteiger partial charge on any atom is -0.481 e. The van der Waals surface area contributed by atoms with Crippen LogP contribution in [0.1, 0.15) is 5.69 Å². The Labute approximate surface area is 109 Å². The number of hydrogen-bond acceptors (Lipinski definition) is 3. The highest BCUT2D eigenvalue weighted by Crippen LogP contribution is 2.21. The summed E-state index contributed by atoms with van der Waals surface area (Å²) >= 11 is 0. The molecule has 0 fully saturated rings. The zero-order valence-electron chi connectivity index (χ0n) is 10.00. The first-order valence-electron chi connectivity index (χ1n) is 5.82. The van der Waals surface area contributed by atoms with Gasteiger partial charge in [0.25, 0.3) is 0 Å². The van der Waals surface area contributed by atoms with Gasteiger partial charge in [0.05, 0.1) is 29.5 Å². The summed E-state index contributed by atoms with van der Waals surface area (Å²) in [7, 11) is 0. The van der Waals surface area contributed by atoms with Gasteiger partial charge in [0.1, 0.15) is 0 Å². The Morgan fingerprint density at radius 2 is 2.16 bits per heavy atom. The van der Waals surface area contributed by atoms with E-state index in [-0.39, 0.29) is 6.42 Å². The average molecular weight is 253 g/mol. The standard InChI is InChI=1S/C14H11N3O2/c18-14(19)7-11-5-9(1-3-15-11)12-6-10-2-4-16-13(10)8-17-12/h1-6,8,16H,7H2,(H,18,19). The van der Waals surface area contributed by atoms with E-state index in [0.717, 1.165) is 22.2 Å². The fourth-order valence-corrected chi connectivity index (χ4v) is 2.00. The number of fused-ring (bicyclic) bond motifs is 1. The lowest BCUT2D eigenvalue weighted by atomic mass is 10.1. The monoisotopic (exact) mass is 253 g/mol. The molecule has 0 amide bonds. The van der Waals surface area contributed by atoms with Crippen molar-refractivity contribution in [1.82, 2.24) is 15.0 Å². The molecule has 19 heavy (non-hydrogen) atoms. The number of nitrogens with one attached hydrogen (secondary N) is 1. The van der Waals surface area contributed by atoms with Crippen molar-refractivity contribution in [1.29, 1.82) is 0 Å². The van der Waals surface area contributed by atoms with E-state index in [1.807, 2.05) is 24.4 Å². The topological polar surface area (TPSA) is 78.9 Å². The number of hydrogen-bond donors (Lipinski definition) is 2. The normalized spacial score (nSPS) is 10.7. The van der Waals surface area contributed by atoms with Gasteiger partial charge in [-0.15, -0.1) is 0 Å². The number of aromatic amines is 1. The molecule has 0 radical (unpaired) electrons. The van der Waals surface area contributed by atoms with E-state index in [1.54, 1.807) is 18.5 Å². The molecule has 3 aromatic heterocycles. The highest BCUT2D eigenvalue weighted by molar-refractivity contribution is 5.82. The van der Waals surface area contributed by atoms with Gasteiger partial charge in [-0.1, -0.05) is 0 Å². The SMILES string of the molecule is O=C(O)Cc1cc(-c2cc3cc[nH]c3cn2)ccn1. The highest BCUT2D eigenvalue weighted by Gasteiger charge is 2.06. The van der Waals surface area contributed by atoms with Crippen molar-refractivity contribution in [3.05, 3.63) is 48.5 Å². The number of H-pyrrole nitrogens is 1. The molecule has 2 N–H and O–H groups in total. The summed E-state index contributed by atoms with van der Waals surface area (Å²) in [6.45, 7) is 0. The van der Waals surface area contributed by atoms with Crippen LogP contribution in [0.2, 0.25) is 0 Å². The zero-order chi connectivity index (χ0) is 13.2. The number of nitrogens with zero attached hydrogens (tertiary/aromatic N) is 2. The van der Waals surface area contributed by atoms with Crippen molar-refractivity contribution < 1.29 is 9.90 Å². The Bertz CT molecular complexity index is 749. The second-order valence-electron chi connectivity index (χ2n) is 4.24. The molecule has 0 aromatic carbocycles. The van der Waals surface area contributed by atoms with Crippen LogP contribution < -0.4 is 0 Å². The maximum atomic E-state index is 10.7. The van der Waals surface area contributed by atoms with Crippen molar-refractivity contribution >= 4 is 16.9 Å². The Morgan fingerprint density at radius 1 is 1.26 bits per heavy atom. The Hall–Kier alpha value is -2.69. The van der Waals surface area contributed by atoms with Gasteiger partial charge in [-0.05, 0) is 24.3 Å². The molecule has 3 heterocycles. The summed E-state index contributed by atoms with van der Waals surface area (Å²) in [5.74, 6) is -0.890. The molecule has 5 heteroatoms. The van der Waals surface area contributed by atoms with E-state index in [4.69, 9.17) is 5.11 Å². The van der Waals surface area contributed by atoms with E-state index in [9.17, 15) is 4.79 Å². The number of carbonyl (C=O) groups is 1. The van der Waals surface area contributed by atoms with Crippen LogP contribution in [0.5, 0.6) is 0 Å². The number of aliphatic carboxylic acids is 1. The molecule has 5 nitrogen and oxygen atoms in total. The van der Waals surface area contributed by atoms with Crippen LogP contribution >= 0.6 is 0 Å². The highest BCUT2D eigenvalue weighted by atomic mass is 16.4. The summed E-state index contributed by atoms with van der Waals surface area (Å²) in [5, 5.41) is 9.85. The minimum atomic E-state index is -0.890. The number of rotatable bonds is 3. The molecule has 0 aliphatic rings. The summed E-state index contributed by atoms with van der Waals surface area (Å²) in [6.07, 6.45) is 5.15. The summed E-state index contributed by atoms with van der Waals surface area (Å²) in [6, 6.07) is 7.52. The van der Waals surface area contributed by atoms with Gasteiger partial charge < -0.3 is 10.1 Å². The van der Waals surface area contributed by atoms with Crippen LogP contribution in [0, 0.1) is 0 Å². The van der Waals surface area contributed by atoms with Crippen molar-refractivity contribution in [2.24, 2.45) is 0 Å². The molecule has 0 unspecified atom stereocenters. The first kappa shape index (κ1) is 11.4. The van der Waals surface area contributed by atoms with Gasteiger partial charge in [0.2, 0.25) is 0 Å². The van der Waals surface area contributed by atoms with E-state index >= 15 is 0 Å². The lowest BCUT2D eigenvalue weighted by Crippen LogP contribution is -2.02. The van der Waals surface area contributed by atoms with Crippen molar-refractivity contribution in [3.8, 4) is 11.3 Å². The van der Waals surface area contributed by atoms with E-state index < -0.39 is 5.97 Å². The lowest BCUT2D eigenvalue weighted by Gasteiger charge is -2.03. The van der Waals surface area contributed by atoms with E-state index in [2.05, 4.69) is 15.0 Å². The number of aromatic nitrogens is 3. The van der Waals surface area contributed by atoms with Gasteiger partial charge in [-0.25, -0.2) is 0 Å². The quantitative estimate of drug-likeness (QED) is 0.750. The first-order valence-corrected chi connectivity index (χ1v) is 5.82. The largest absolute Gasteiger partial charge is 0.481 e. The predicted octanol–water partition coefficient (Wildman–Crippen LogP) is 2.25. The summed E-state index contributed by atoms with van der Waals surface area (Å²) in [4.78, 5) is 22.2. The van der Waals surface area contributed by atoms with Crippen LogP contribution in [0.3, 0.4) is 0 Å². The third kappa shape index (κ3) is 2.30. The second-order valence-corrected chi connectivity index (χ2v) is 4.24. The number of carboxylic acid groups (broad SMARTS) is 1. The Morgan fingerprint density at radius 3 is 3.00 bits per heavy atom. The molecule has 0 aliphatic heterocycles. The Kier molecular flexibility index (Phi) is 2.72. The fourth-order valence-electron chi connectivity index (χ4n) is 2.00. The molecular formula is C14H11N3O2. The Balaban J connectivity index is 2.02. The molecule has 0 spiro atoms. The van der Waals surface area contributed by atoms with Gasteiger partial charge in [0, 0.05) is 23.3 Å². The smallest absolute Gasteiger partial charge is 0.309 e.